The number of morpholine rings is 1. The number of nitrogens with zero attached hydrogens (tertiary/aromatic N) is 2. The van der Waals surface area contributed by atoms with E-state index in [1.165, 1.54) is 11.1 Å². The molecular formula is C25H32BrN3O2. The number of anilines is 1. The lowest BCUT2D eigenvalue weighted by atomic mass is 9.79. The fraction of sp³-hybridized carbons (Fsp3) is 0.480. The minimum atomic E-state index is -0.384. The molecule has 5 nitrogen and oxygen atoms in total. The highest BCUT2D eigenvalue weighted by atomic mass is 79.9. The van der Waals surface area contributed by atoms with Gasteiger partial charge in [0.25, 0.3) is 0 Å². The summed E-state index contributed by atoms with van der Waals surface area (Å²) in [4.78, 5) is 18.2. The molecule has 0 aromatic heterocycles. The molecule has 2 saturated heterocycles. The molecule has 31 heavy (non-hydrogen) atoms. The van der Waals surface area contributed by atoms with Gasteiger partial charge >= 0.3 is 6.03 Å². The Labute approximate surface area is 193 Å². The van der Waals surface area contributed by atoms with Crippen molar-refractivity contribution in [1.82, 2.24) is 9.80 Å². The number of amides is 2. The molecule has 2 aromatic rings. The standard InChI is InChI=1S/C25H32BrN3O2/c1-19-7-9-20(10-8-19)25(18-28-11-13-31-14-12-28)16-24(2,3)17-29(25)23(30)27-22-6-4-5-21(26)15-22/h4-10,15H,11-14,16-18H2,1-3H3,(H,27,30)/t25-/m1/s1. The summed E-state index contributed by atoms with van der Waals surface area (Å²) in [5, 5.41) is 3.15. The van der Waals surface area contributed by atoms with Crippen LogP contribution in [0.3, 0.4) is 0 Å². The zero-order valence-electron chi connectivity index (χ0n) is 18.7. The molecule has 0 bridgehead atoms. The number of carbonyl (C=O) groups is 1. The minimum Gasteiger partial charge on any atom is -0.379 e. The maximum absolute atomic E-state index is 13.7. The fourth-order valence-corrected chi connectivity index (χ4v) is 5.43. The van der Waals surface area contributed by atoms with Crippen LogP contribution in [0, 0.1) is 12.3 Å². The van der Waals surface area contributed by atoms with Gasteiger partial charge < -0.3 is 15.0 Å². The molecule has 2 aromatic carbocycles. The topological polar surface area (TPSA) is 44.8 Å². The Bertz CT molecular complexity index is 925. The molecule has 166 valence electrons. The van der Waals surface area contributed by atoms with Crippen LogP contribution in [0.25, 0.3) is 0 Å². The van der Waals surface area contributed by atoms with Gasteiger partial charge in [-0.05, 0) is 42.5 Å². The third-order valence-corrected chi connectivity index (χ3v) is 6.87. The van der Waals surface area contributed by atoms with Crippen molar-refractivity contribution in [3.05, 3.63) is 64.1 Å². The van der Waals surface area contributed by atoms with Crippen molar-refractivity contribution in [2.24, 2.45) is 5.41 Å². The second-order valence-corrected chi connectivity index (χ2v) is 10.6. The van der Waals surface area contributed by atoms with Crippen molar-refractivity contribution < 1.29 is 9.53 Å². The molecule has 2 heterocycles. The van der Waals surface area contributed by atoms with Crippen LogP contribution in [0.15, 0.2) is 53.0 Å². The molecule has 2 fully saturated rings. The molecule has 0 radical (unpaired) electrons. The number of carbonyl (C=O) groups excluding carboxylic acids is 1. The number of benzene rings is 2. The highest BCUT2D eigenvalue weighted by Crippen LogP contribution is 2.48. The first-order chi connectivity index (χ1) is 14.8. The fourth-order valence-electron chi connectivity index (χ4n) is 5.03. The smallest absolute Gasteiger partial charge is 0.322 e. The predicted molar refractivity (Wildman–Crippen MR) is 128 cm³/mol. The summed E-state index contributed by atoms with van der Waals surface area (Å²) in [7, 11) is 0. The number of likely N-dealkylation sites (tertiary alicyclic amines) is 1. The van der Waals surface area contributed by atoms with Crippen LogP contribution in [0.2, 0.25) is 0 Å². The summed E-state index contributed by atoms with van der Waals surface area (Å²) in [5.41, 5.74) is 2.87. The summed E-state index contributed by atoms with van der Waals surface area (Å²) in [6.07, 6.45) is 0.923. The van der Waals surface area contributed by atoms with Crippen LogP contribution in [0.4, 0.5) is 10.5 Å². The van der Waals surface area contributed by atoms with Crippen molar-refractivity contribution in [2.45, 2.75) is 32.7 Å². The van der Waals surface area contributed by atoms with Crippen LogP contribution in [0.1, 0.15) is 31.4 Å². The Morgan fingerprint density at radius 1 is 1.13 bits per heavy atom. The first-order valence-corrected chi connectivity index (χ1v) is 11.8. The van der Waals surface area contributed by atoms with Gasteiger partial charge in [-0.3, -0.25) is 4.90 Å². The zero-order valence-corrected chi connectivity index (χ0v) is 20.2. The van der Waals surface area contributed by atoms with Crippen LogP contribution in [0.5, 0.6) is 0 Å². The van der Waals surface area contributed by atoms with Crippen molar-refractivity contribution >= 4 is 27.6 Å². The van der Waals surface area contributed by atoms with Crippen molar-refractivity contribution in [1.29, 1.82) is 0 Å². The molecule has 1 N–H and O–H groups in total. The number of urea groups is 1. The number of nitrogens with one attached hydrogen (secondary N) is 1. The van der Waals surface area contributed by atoms with Crippen molar-refractivity contribution in [3.8, 4) is 0 Å². The van der Waals surface area contributed by atoms with Crippen LogP contribution in [-0.4, -0.2) is 55.2 Å². The van der Waals surface area contributed by atoms with E-state index < -0.39 is 0 Å². The van der Waals surface area contributed by atoms with E-state index >= 15 is 0 Å². The van der Waals surface area contributed by atoms with E-state index in [0.717, 1.165) is 49.4 Å². The molecular weight excluding hydrogens is 454 g/mol. The second-order valence-electron chi connectivity index (χ2n) is 9.65. The van der Waals surface area contributed by atoms with Crippen LogP contribution < -0.4 is 5.32 Å². The van der Waals surface area contributed by atoms with Gasteiger partial charge in [-0.15, -0.1) is 0 Å². The summed E-state index contributed by atoms with van der Waals surface area (Å²) >= 11 is 3.50. The number of hydrogen-bond donors (Lipinski definition) is 1. The van der Waals surface area contributed by atoms with E-state index in [-0.39, 0.29) is 17.0 Å². The molecule has 1 atom stereocenters. The van der Waals surface area contributed by atoms with Gasteiger partial charge in [0.15, 0.2) is 0 Å². The molecule has 2 aliphatic heterocycles. The van der Waals surface area contributed by atoms with E-state index in [9.17, 15) is 4.79 Å². The Morgan fingerprint density at radius 3 is 2.52 bits per heavy atom. The Hall–Kier alpha value is -1.89. The SMILES string of the molecule is Cc1ccc([C@]2(CN3CCOCC3)CC(C)(C)CN2C(=O)Nc2cccc(Br)c2)cc1. The Kier molecular flexibility index (Phi) is 6.42. The average Bonchev–Trinajstić information content (AvgIpc) is 3.00. The van der Waals surface area contributed by atoms with Gasteiger partial charge in [-0.25, -0.2) is 4.79 Å². The molecule has 2 amide bonds. The van der Waals surface area contributed by atoms with Crippen LogP contribution >= 0.6 is 15.9 Å². The van der Waals surface area contributed by atoms with E-state index in [1.54, 1.807) is 0 Å². The van der Waals surface area contributed by atoms with Gasteiger partial charge in [0, 0.05) is 36.3 Å². The van der Waals surface area contributed by atoms with Gasteiger partial charge in [-0.2, -0.15) is 0 Å². The molecule has 6 heteroatoms. The number of halogens is 1. The summed E-state index contributed by atoms with van der Waals surface area (Å²) in [6.45, 7) is 11.5. The average molecular weight is 486 g/mol. The Balaban J connectivity index is 1.71. The van der Waals surface area contributed by atoms with Gasteiger partial charge in [0.1, 0.15) is 0 Å². The molecule has 2 aliphatic rings. The number of aryl methyl sites for hydroxylation is 1. The quantitative estimate of drug-likeness (QED) is 0.642. The predicted octanol–water partition coefficient (Wildman–Crippen LogP) is 5.25. The largest absolute Gasteiger partial charge is 0.379 e. The normalized spacial score (nSPS) is 23.7. The number of rotatable bonds is 4. The second kappa shape index (κ2) is 8.93. The third kappa shape index (κ3) is 4.97. The highest BCUT2D eigenvalue weighted by Gasteiger charge is 2.53. The molecule has 0 aliphatic carbocycles. The maximum atomic E-state index is 13.7. The summed E-state index contributed by atoms with van der Waals surface area (Å²) in [6, 6.07) is 16.5. The van der Waals surface area contributed by atoms with E-state index in [2.05, 4.69) is 76.1 Å². The lowest BCUT2D eigenvalue weighted by Crippen LogP contribution is -2.55. The van der Waals surface area contributed by atoms with Gasteiger partial charge in [0.05, 0.1) is 18.8 Å². The summed E-state index contributed by atoms with van der Waals surface area (Å²) in [5.74, 6) is 0. The van der Waals surface area contributed by atoms with Crippen molar-refractivity contribution in [2.75, 3.05) is 44.7 Å². The Morgan fingerprint density at radius 2 is 1.84 bits per heavy atom. The van der Waals surface area contributed by atoms with E-state index in [0.29, 0.717) is 6.54 Å². The summed E-state index contributed by atoms with van der Waals surface area (Å²) < 4.78 is 6.53. The van der Waals surface area contributed by atoms with Gasteiger partial charge in [-0.1, -0.05) is 65.7 Å². The monoisotopic (exact) mass is 485 g/mol. The number of hydrogen-bond acceptors (Lipinski definition) is 3. The molecule has 0 unspecified atom stereocenters. The molecule has 0 saturated carbocycles. The lowest BCUT2D eigenvalue weighted by Gasteiger charge is -2.43. The van der Waals surface area contributed by atoms with Crippen LogP contribution in [-0.2, 0) is 10.3 Å². The molecule has 4 rings (SSSR count). The van der Waals surface area contributed by atoms with E-state index in [4.69, 9.17) is 4.74 Å². The van der Waals surface area contributed by atoms with Crippen molar-refractivity contribution in [3.63, 3.8) is 0 Å². The lowest BCUT2D eigenvalue weighted by molar-refractivity contribution is 0.0116. The third-order valence-electron chi connectivity index (χ3n) is 6.37. The molecule has 0 spiro atoms. The van der Waals surface area contributed by atoms with Gasteiger partial charge in [0.2, 0.25) is 0 Å². The minimum absolute atomic E-state index is 0.0196. The zero-order chi connectivity index (χ0) is 22.1. The first kappa shape index (κ1) is 22.3. The maximum Gasteiger partial charge on any atom is 0.322 e. The van der Waals surface area contributed by atoms with E-state index in [1.807, 2.05) is 24.3 Å². The highest BCUT2D eigenvalue weighted by molar-refractivity contribution is 9.10. The first-order valence-electron chi connectivity index (χ1n) is 11.0. The number of ether oxygens (including phenoxy) is 1.